The highest BCUT2D eigenvalue weighted by Gasteiger charge is 2.13. The smallest absolute Gasteiger partial charge is 0.313 e. The van der Waals surface area contributed by atoms with Gasteiger partial charge < -0.3 is 15.7 Å². The average Bonchev–Trinajstić information content (AvgIpc) is 2.54. The third-order valence-corrected chi connectivity index (χ3v) is 3.97. The lowest BCUT2D eigenvalue weighted by Crippen LogP contribution is -2.34. The van der Waals surface area contributed by atoms with E-state index >= 15 is 0 Å². The van der Waals surface area contributed by atoms with Gasteiger partial charge in [-0.1, -0.05) is 12.1 Å². The second-order valence-corrected chi connectivity index (χ2v) is 6.43. The predicted octanol–water partition coefficient (Wildman–Crippen LogP) is 0.294. The minimum absolute atomic E-state index is 0.0392. The van der Waals surface area contributed by atoms with Gasteiger partial charge in [0.05, 0.1) is 4.90 Å². The highest BCUT2D eigenvalue weighted by Crippen LogP contribution is 2.13. The third-order valence-electron chi connectivity index (χ3n) is 3.04. The van der Waals surface area contributed by atoms with Gasteiger partial charge in [-0.25, -0.2) is 13.6 Å². The monoisotopic (exact) mass is 349 g/mol. The van der Waals surface area contributed by atoms with Crippen LogP contribution < -0.4 is 15.8 Å². The molecule has 2 aromatic rings. The maximum atomic E-state index is 11.7. The molecule has 0 bridgehead atoms. The molecule has 0 atom stereocenters. The zero-order chi connectivity index (χ0) is 17.7. The number of phenols is 1. The molecule has 0 fully saturated rings. The average molecular weight is 349 g/mol. The fraction of sp³-hybridized carbons (Fsp3) is 0.0667. The quantitative estimate of drug-likeness (QED) is 0.464. The lowest BCUT2D eigenvalue weighted by molar-refractivity contribution is -0.136. The summed E-state index contributed by atoms with van der Waals surface area (Å²) in [5.74, 6) is -1.67. The number of phenolic OH excluding ortho intramolecular Hbond substituents is 1. The summed E-state index contributed by atoms with van der Waals surface area (Å²) < 4.78 is 22.3. The Labute approximate surface area is 138 Å². The first kappa shape index (κ1) is 17.4. The lowest BCUT2D eigenvalue weighted by Gasteiger charge is -2.07. The molecular formula is C15H15N3O5S. The van der Waals surface area contributed by atoms with Crippen LogP contribution in [-0.2, 0) is 26.2 Å². The number of aromatic hydroxyl groups is 1. The maximum absolute atomic E-state index is 11.7. The van der Waals surface area contributed by atoms with Crippen LogP contribution in [0.3, 0.4) is 0 Å². The largest absolute Gasteiger partial charge is 0.508 e. The van der Waals surface area contributed by atoms with Crippen molar-refractivity contribution in [2.45, 2.75) is 11.4 Å². The minimum Gasteiger partial charge on any atom is -0.508 e. The van der Waals surface area contributed by atoms with Gasteiger partial charge in [-0.15, -0.1) is 0 Å². The Kier molecular flexibility index (Phi) is 5.17. The van der Waals surface area contributed by atoms with E-state index in [1.165, 1.54) is 48.5 Å². The Bertz CT molecular complexity index is 846. The maximum Gasteiger partial charge on any atom is 0.313 e. The van der Waals surface area contributed by atoms with Gasteiger partial charge in [-0.3, -0.25) is 9.59 Å². The van der Waals surface area contributed by atoms with E-state index in [1.807, 2.05) is 0 Å². The number of benzene rings is 2. The molecule has 2 rings (SSSR count). The van der Waals surface area contributed by atoms with E-state index in [-0.39, 0.29) is 17.2 Å². The zero-order valence-electron chi connectivity index (χ0n) is 12.4. The van der Waals surface area contributed by atoms with Gasteiger partial charge in [-0.05, 0) is 42.0 Å². The van der Waals surface area contributed by atoms with E-state index in [9.17, 15) is 18.0 Å². The standard InChI is InChI=1S/C15H15N3O5S/c16-24(22,23)13-7-1-10(2-8-13)9-17-14(20)15(21)18-11-3-5-12(19)6-4-11/h1-8,19H,9H2,(H,17,20)(H,18,21)(H2,16,22,23). The zero-order valence-corrected chi connectivity index (χ0v) is 13.2. The molecule has 0 aliphatic rings. The molecule has 2 amide bonds. The van der Waals surface area contributed by atoms with Crippen LogP contribution in [0.15, 0.2) is 53.4 Å². The number of rotatable bonds is 4. The van der Waals surface area contributed by atoms with Gasteiger partial charge in [0, 0.05) is 12.2 Å². The summed E-state index contributed by atoms with van der Waals surface area (Å²) in [6, 6.07) is 11.2. The Balaban J connectivity index is 1.90. The van der Waals surface area contributed by atoms with Gasteiger partial charge in [0.2, 0.25) is 10.0 Å². The Morgan fingerprint density at radius 1 is 0.958 bits per heavy atom. The van der Waals surface area contributed by atoms with Crippen LogP contribution in [0.1, 0.15) is 5.56 Å². The van der Waals surface area contributed by atoms with Crippen molar-refractivity contribution in [3.05, 3.63) is 54.1 Å². The molecule has 5 N–H and O–H groups in total. The van der Waals surface area contributed by atoms with E-state index in [1.54, 1.807) is 0 Å². The highest BCUT2D eigenvalue weighted by atomic mass is 32.2. The van der Waals surface area contributed by atoms with E-state index in [2.05, 4.69) is 10.6 Å². The van der Waals surface area contributed by atoms with Crippen LogP contribution in [0.2, 0.25) is 0 Å². The molecule has 24 heavy (non-hydrogen) atoms. The Morgan fingerprint density at radius 3 is 2.08 bits per heavy atom. The van der Waals surface area contributed by atoms with Crippen LogP contribution in [0.25, 0.3) is 0 Å². The van der Waals surface area contributed by atoms with Gasteiger partial charge in [0.25, 0.3) is 0 Å². The molecule has 0 heterocycles. The number of anilines is 1. The molecule has 126 valence electrons. The summed E-state index contributed by atoms with van der Waals surface area (Å²) in [5, 5.41) is 18.9. The van der Waals surface area contributed by atoms with Crippen molar-refractivity contribution >= 4 is 27.5 Å². The first-order valence-corrected chi connectivity index (χ1v) is 8.30. The van der Waals surface area contributed by atoms with E-state index in [0.29, 0.717) is 11.3 Å². The normalized spacial score (nSPS) is 10.9. The SMILES string of the molecule is NS(=O)(=O)c1ccc(CNC(=O)C(=O)Nc2ccc(O)cc2)cc1. The van der Waals surface area contributed by atoms with Gasteiger partial charge in [0.15, 0.2) is 0 Å². The van der Waals surface area contributed by atoms with Gasteiger partial charge in [0.1, 0.15) is 5.75 Å². The van der Waals surface area contributed by atoms with Crippen LogP contribution >= 0.6 is 0 Å². The van der Waals surface area contributed by atoms with Crippen molar-refractivity contribution in [3.63, 3.8) is 0 Å². The second kappa shape index (κ2) is 7.11. The van der Waals surface area contributed by atoms with Crippen LogP contribution in [0.4, 0.5) is 5.69 Å². The molecule has 0 saturated heterocycles. The molecule has 0 aliphatic heterocycles. The van der Waals surface area contributed by atoms with Crippen molar-refractivity contribution in [2.75, 3.05) is 5.32 Å². The Morgan fingerprint density at radius 2 is 1.54 bits per heavy atom. The molecule has 0 radical (unpaired) electrons. The minimum atomic E-state index is -3.77. The molecule has 0 aliphatic carbocycles. The summed E-state index contributed by atoms with van der Waals surface area (Å²) in [5.41, 5.74) is 0.971. The molecular weight excluding hydrogens is 334 g/mol. The molecule has 0 saturated carbocycles. The number of hydrogen-bond acceptors (Lipinski definition) is 5. The van der Waals surface area contributed by atoms with Crippen molar-refractivity contribution < 1.29 is 23.1 Å². The Hall–Kier alpha value is -2.91. The topological polar surface area (TPSA) is 139 Å². The fourth-order valence-corrected chi connectivity index (χ4v) is 2.31. The second-order valence-electron chi connectivity index (χ2n) is 4.87. The predicted molar refractivity (Wildman–Crippen MR) is 86.4 cm³/mol. The van der Waals surface area contributed by atoms with E-state index < -0.39 is 21.8 Å². The number of nitrogens with two attached hydrogens (primary N) is 1. The van der Waals surface area contributed by atoms with E-state index in [0.717, 1.165) is 0 Å². The summed E-state index contributed by atoms with van der Waals surface area (Å²) >= 11 is 0. The van der Waals surface area contributed by atoms with Crippen LogP contribution in [-0.4, -0.2) is 25.3 Å². The molecule has 2 aromatic carbocycles. The van der Waals surface area contributed by atoms with Crippen LogP contribution in [0, 0.1) is 0 Å². The number of carbonyl (C=O) groups excluding carboxylic acids is 2. The summed E-state index contributed by atoms with van der Waals surface area (Å²) in [7, 11) is -3.77. The summed E-state index contributed by atoms with van der Waals surface area (Å²) in [6.45, 7) is 0.0483. The highest BCUT2D eigenvalue weighted by molar-refractivity contribution is 7.89. The summed E-state index contributed by atoms with van der Waals surface area (Å²) in [4.78, 5) is 23.4. The summed E-state index contributed by atoms with van der Waals surface area (Å²) in [6.07, 6.45) is 0. The number of primary sulfonamides is 1. The molecule has 0 unspecified atom stereocenters. The molecule has 9 heteroatoms. The first-order valence-electron chi connectivity index (χ1n) is 6.75. The van der Waals surface area contributed by atoms with Crippen molar-refractivity contribution in [2.24, 2.45) is 5.14 Å². The van der Waals surface area contributed by atoms with Crippen molar-refractivity contribution in [1.82, 2.24) is 5.32 Å². The fourth-order valence-electron chi connectivity index (χ4n) is 1.79. The number of amides is 2. The van der Waals surface area contributed by atoms with Crippen LogP contribution in [0.5, 0.6) is 5.75 Å². The molecule has 0 spiro atoms. The van der Waals surface area contributed by atoms with Crippen molar-refractivity contribution in [1.29, 1.82) is 0 Å². The number of sulfonamides is 1. The molecule has 0 aromatic heterocycles. The number of nitrogens with one attached hydrogen (secondary N) is 2. The third kappa shape index (κ3) is 4.80. The van der Waals surface area contributed by atoms with E-state index in [4.69, 9.17) is 10.2 Å². The van der Waals surface area contributed by atoms with Gasteiger partial charge >= 0.3 is 11.8 Å². The number of carbonyl (C=O) groups is 2. The number of hydrogen-bond donors (Lipinski definition) is 4. The van der Waals surface area contributed by atoms with Crippen molar-refractivity contribution in [3.8, 4) is 5.75 Å². The lowest BCUT2D eigenvalue weighted by atomic mass is 10.2. The first-order chi connectivity index (χ1) is 11.3. The van der Waals surface area contributed by atoms with Gasteiger partial charge in [-0.2, -0.15) is 0 Å². The molecule has 8 nitrogen and oxygen atoms in total.